The average Bonchev–Trinajstić information content (AvgIpc) is 3.16. The van der Waals surface area contributed by atoms with Crippen LogP contribution in [-0.2, 0) is 11.3 Å². The lowest BCUT2D eigenvalue weighted by Crippen LogP contribution is -2.50. The fraction of sp³-hybridized carbons (Fsp3) is 0.704. The quantitative estimate of drug-likeness (QED) is 0.512. The highest BCUT2D eigenvalue weighted by Gasteiger charge is 2.59. The molecule has 0 aromatic carbocycles. The topological polar surface area (TPSA) is 55.1 Å². The molecule has 0 bridgehead atoms. The minimum absolute atomic E-state index is 0.164. The normalized spacial score (nSPS) is 41.0. The first-order chi connectivity index (χ1) is 14.7. The third-order valence-electron chi connectivity index (χ3n) is 9.77. The van der Waals surface area contributed by atoms with Crippen molar-refractivity contribution in [2.75, 3.05) is 0 Å². The molecule has 1 N–H and O–H groups in total. The third-order valence-corrected chi connectivity index (χ3v) is 9.77. The number of hydrogen-bond donors (Lipinski definition) is 1. The number of allylic oxidation sites excluding steroid dienone is 2. The van der Waals surface area contributed by atoms with Crippen molar-refractivity contribution in [3.63, 3.8) is 0 Å². The number of aromatic nitrogens is 2. The van der Waals surface area contributed by atoms with Crippen molar-refractivity contribution in [1.82, 2.24) is 9.78 Å². The van der Waals surface area contributed by atoms with E-state index < -0.39 is 0 Å². The van der Waals surface area contributed by atoms with E-state index in [0.29, 0.717) is 23.5 Å². The molecular formula is C27H38N2O2. The van der Waals surface area contributed by atoms with Gasteiger partial charge < -0.3 is 5.11 Å². The number of ketones is 1. The predicted octanol–water partition coefficient (Wildman–Crippen LogP) is 5.41. The van der Waals surface area contributed by atoms with Gasteiger partial charge in [-0.15, -0.1) is 0 Å². The Hall–Kier alpha value is -1.68. The van der Waals surface area contributed by atoms with Crippen LogP contribution in [0.25, 0.3) is 6.08 Å². The number of aryl methyl sites for hydroxylation is 2. The molecule has 0 saturated heterocycles. The van der Waals surface area contributed by atoms with E-state index in [-0.39, 0.29) is 16.9 Å². The van der Waals surface area contributed by atoms with E-state index in [1.807, 2.05) is 4.68 Å². The van der Waals surface area contributed by atoms with Crippen molar-refractivity contribution < 1.29 is 9.90 Å². The summed E-state index contributed by atoms with van der Waals surface area (Å²) in [4.78, 5) is 13.7. The molecule has 0 amide bonds. The number of aliphatic hydroxyl groups excluding tert-OH is 1. The van der Waals surface area contributed by atoms with Gasteiger partial charge in [0, 0.05) is 23.2 Å². The lowest BCUT2D eigenvalue weighted by molar-refractivity contribution is -0.130. The van der Waals surface area contributed by atoms with Crippen LogP contribution in [0, 0.1) is 42.4 Å². The molecule has 4 aliphatic carbocycles. The molecule has 6 atom stereocenters. The Morgan fingerprint density at radius 1 is 1.16 bits per heavy atom. The van der Waals surface area contributed by atoms with Crippen molar-refractivity contribution in [2.24, 2.45) is 28.6 Å². The summed E-state index contributed by atoms with van der Waals surface area (Å²) >= 11 is 0. The highest BCUT2D eigenvalue weighted by molar-refractivity contribution is 6.06. The minimum atomic E-state index is -0.217. The molecule has 4 heteroatoms. The van der Waals surface area contributed by atoms with Crippen molar-refractivity contribution in [3.8, 4) is 0 Å². The molecule has 1 aromatic heterocycles. The van der Waals surface area contributed by atoms with Crippen molar-refractivity contribution in [1.29, 1.82) is 0 Å². The van der Waals surface area contributed by atoms with Crippen molar-refractivity contribution >= 4 is 11.9 Å². The maximum atomic E-state index is 13.7. The molecule has 0 spiro atoms. The summed E-state index contributed by atoms with van der Waals surface area (Å²) in [6, 6.07) is 0. The number of aliphatic hydroxyl groups is 1. The number of fused-ring (bicyclic) bond motifs is 5. The van der Waals surface area contributed by atoms with Crippen LogP contribution in [0.15, 0.2) is 17.2 Å². The lowest BCUT2D eigenvalue weighted by atomic mass is 9.48. The highest BCUT2D eigenvalue weighted by Crippen LogP contribution is 2.64. The van der Waals surface area contributed by atoms with E-state index in [1.165, 1.54) is 5.57 Å². The molecule has 5 rings (SSSR count). The van der Waals surface area contributed by atoms with Crippen LogP contribution in [0.5, 0.6) is 0 Å². The third kappa shape index (κ3) is 2.97. The Morgan fingerprint density at radius 3 is 2.61 bits per heavy atom. The van der Waals surface area contributed by atoms with Crippen LogP contribution in [0.1, 0.15) is 82.7 Å². The maximum Gasteiger partial charge on any atom is 0.165 e. The monoisotopic (exact) mass is 422 g/mol. The summed E-state index contributed by atoms with van der Waals surface area (Å²) in [6.07, 6.45) is 11.5. The average molecular weight is 423 g/mol. The van der Waals surface area contributed by atoms with Crippen molar-refractivity contribution in [3.05, 3.63) is 34.2 Å². The van der Waals surface area contributed by atoms with Gasteiger partial charge in [-0.2, -0.15) is 5.10 Å². The molecule has 0 unspecified atom stereocenters. The number of hydrogen-bond acceptors (Lipinski definition) is 3. The molecule has 4 aliphatic rings. The second-order valence-corrected chi connectivity index (χ2v) is 11.2. The first kappa shape index (κ1) is 21.2. The second-order valence-electron chi connectivity index (χ2n) is 11.2. The van der Waals surface area contributed by atoms with E-state index in [1.54, 1.807) is 0 Å². The molecular weight excluding hydrogens is 384 g/mol. The SMILES string of the molecule is CCn1nc(C)c(/C=C2/C[C@@H]3[C@H]4CC=C5C[C@@H](O)CC[C@]5(C)[C@@H]4CC[C@@]3(C)C2=O)c1C. The number of carbonyl (C=O) groups is 1. The molecule has 0 radical (unpaired) electrons. The van der Waals surface area contributed by atoms with Crippen molar-refractivity contribution in [2.45, 2.75) is 92.2 Å². The number of nitrogens with zero attached hydrogens (tertiary/aromatic N) is 2. The molecule has 31 heavy (non-hydrogen) atoms. The Labute approximate surface area is 186 Å². The number of Topliss-reactive ketones (excluding diaryl/α,β-unsaturated/α-hetero) is 1. The van der Waals surface area contributed by atoms with E-state index in [0.717, 1.165) is 74.0 Å². The van der Waals surface area contributed by atoms with E-state index in [9.17, 15) is 9.90 Å². The van der Waals surface area contributed by atoms with Gasteiger partial charge in [0.2, 0.25) is 0 Å². The first-order valence-electron chi connectivity index (χ1n) is 12.4. The smallest absolute Gasteiger partial charge is 0.165 e. The molecule has 168 valence electrons. The van der Waals surface area contributed by atoms with Crippen LogP contribution >= 0.6 is 0 Å². The summed E-state index contributed by atoms with van der Waals surface area (Å²) in [5, 5.41) is 14.9. The summed E-state index contributed by atoms with van der Waals surface area (Å²) < 4.78 is 2.04. The van der Waals surface area contributed by atoms with Gasteiger partial charge in [-0.25, -0.2) is 0 Å². The molecule has 3 fully saturated rings. The molecule has 4 nitrogen and oxygen atoms in total. The summed E-state index contributed by atoms with van der Waals surface area (Å²) in [6.45, 7) is 11.8. The number of carbonyl (C=O) groups excluding carboxylic acids is 1. The fourth-order valence-corrected chi connectivity index (χ4v) is 7.84. The van der Waals surface area contributed by atoms with Gasteiger partial charge >= 0.3 is 0 Å². The van der Waals surface area contributed by atoms with Gasteiger partial charge in [0.1, 0.15) is 0 Å². The van der Waals surface area contributed by atoms with E-state index >= 15 is 0 Å². The summed E-state index contributed by atoms with van der Waals surface area (Å²) in [5.41, 5.74) is 5.85. The molecule has 3 saturated carbocycles. The maximum absolute atomic E-state index is 13.7. The summed E-state index contributed by atoms with van der Waals surface area (Å²) in [7, 11) is 0. The fourth-order valence-electron chi connectivity index (χ4n) is 7.84. The van der Waals surface area contributed by atoms with Crippen LogP contribution in [0.4, 0.5) is 0 Å². The molecule has 0 aliphatic heterocycles. The Kier molecular flexibility index (Phi) is 4.89. The largest absolute Gasteiger partial charge is 0.393 e. The van der Waals surface area contributed by atoms with Gasteiger partial charge in [0.05, 0.1) is 11.8 Å². The first-order valence-corrected chi connectivity index (χ1v) is 12.4. The van der Waals surface area contributed by atoms with Crippen LogP contribution in [0.2, 0.25) is 0 Å². The van der Waals surface area contributed by atoms with Gasteiger partial charge in [-0.05, 0) is 101 Å². The zero-order valence-corrected chi connectivity index (χ0v) is 19.9. The Morgan fingerprint density at radius 2 is 1.90 bits per heavy atom. The Balaban J connectivity index is 1.49. The standard InChI is InChI=1S/C27H38N2O2/c1-6-29-17(3)22(16(2)28-29)13-18-14-24-21-8-7-19-15-20(30)9-11-26(19,4)23(21)10-12-27(24,5)25(18)31/h7,13,20-21,23-24,30H,6,8-12,14-15H2,1-5H3/b18-13-/t20-,21-,23+,24+,26-,27+/m0/s1. The van der Waals surface area contributed by atoms with Crippen LogP contribution < -0.4 is 0 Å². The Bertz CT molecular complexity index is 986. The van der Waals surface area contributed by atoms with Crippen LogP contribution in [-0.4, -0.2) is 26.8 Å². The van der Waals surface area contributed by atoms with Gasteiger partial charge in [-0.3, -0.25) is 9.48 Å². The van der Waals surface area contributed by atoms with Crippen LogP contribution in [0.3, 0.4) is 0 Å². The lowest BCUT2D eigenvalue weighted by Gasteiger charge is -2.56. The molecule has 1 heterocycles. The molecule has 1 aromatic rings. The predicted molar refractivity (Wildman–Crippen MR) is 123 cm³/mol. The minimum Gasteiger partial charge on any atom is -0.393 e. The van der Waals surface area contributed by atoms with E-state index in [4.69, 9.17) is 0 Å². The van der Waals surface area contributed by atoms with Gasteiger partial charge in [-0.1, -0.05) is 25.5 Å². The second kappa shape index (κ2) is 7.16. The van der Waals surface area contributed by atoms with Gasteiger partial charge in [0.25, 0.3) is 0 Å². The highest BCUT2D eigenvalue weighted by atomic mass is 16.3. The number of rotatable bonds is 2. The van der Waals surface area contributed by atoms with Gasteiger partial charge in [0.15, 0.2) is 5.78 Å². The zero-order valence-electron chi connectivity index (χ0n) is 19.9. The van der Waals surface area contributed by atoms with E-state index in [2.05, 4.69) is 51.9 Å². The summed E-state index contributed by atoms with van der Waals surface area (Å²) in [5.74, 6) is 2.06. The zero-order chi connectivity index (χ0) is 22.1.